The second kappa shape index (κ2) is 7.59. The number of carbonyl (C=O) groups is 1. The monoisotopic (exact) mass is 402 g/mol. The van der Waals surface area contributed by atoms with Gasteiger partial charge in [-0.25, -0.2) is 4.98 Å². The summed E-state index contributed by atoms with van der Waals surface area (Å²) in [5.41, 5.74) is 3.38. The summed E-state index contributed by atoms with van der Waals surface area (Å²) in [5, 5.41) is 3.64. The van der Waals surface area contributed by atoms with Crippen LogP contribution in [0, 0.1) is 12.8 Å². The number of rotatable bonds is 5. The Labute approximate surface area is 175 Å². The number of anilines is 2. The standard InChI is InChI=1S/C24H26N4O2/c1-16-25-20-14-22(27-11-5-6-12-27)21(26-23(29)18-9-10-18)13-19(20)24(30)28(16)15-17-7-3-2-4-8-17/h2-4,7-8,13-14,18H,5-6,9-12,15H2,1H3,(H,26,29). The summed E-state index contributed by atoms with van der Waals surface area (Å²) in [6.45, 7) is 4.28. The van der Waals surface area contributed by atoms with Crippen molar-refractivity contribution in [3.63, 3.8) is 0 Å². The van der Waals surface area contributed by atoms with Crippen molar-refractivity contribution in [1.29, 1.82) is 0 Å². The van der Waals surface area contributed by atoms with E-state index >= 15 is 0 Å². The Balaban J connectivity index is 1.61. The second-order valence-electron chi connectivity index (χ2n) is 8.38. The van der Waals surface area contributed by atoms with Crippen molar-refractivity contribution < 1.29 is 4.79 Å². The van der Waals surface area contributed by atoms with E-state index in [1.807, 2.05) is 49.4 Å². The molecular formula is C24H26N4O2. The van der Waals surface area contributed by atoms with E-state index in [-0.39, 0.29) is 17.4 Å². The zero-order valence-corrected chi connectivity index (χ0v) is 17.2. The Hall–Kier alpha value is -3.15. The number of amides is 1. The largest absolute Gasteiger partial charge is 0.370 e. The zero-order chi connectivity index (χ0) is 20.7. The van der Waals surface area contributed by atoms with Crippen molar-refractivity contribution >= 4 is 28.2 Å². The molecular weight excluding hydrogens is 376 g/mol. The average molecular weight is 402 g/mol. The van der Waals surface area contributed by atoms with Gasteiger partial charge in [-0.1, -0.05) is 30.3 Å². The highest BCUT2D eigenvalue weighted by Gasteiger charge is 2.30. The van der Waals surface area contributed by atoms with Gasteiger partial charge in [-0.05, 0) is 50.3 Å². The third-order valence-electron chi connectivity index (χ3n) is 6.10. The zero-order valence-electron chi connectivity index (χ0n) is 17.2. The number of aryl methyl sites for hydroxylation is 1. The lowest BCUT2D eigenvalue weighted by atomic mass is 10.1. The number of carbonyl (C=O) groups excluding carboxylic acids is 1. The first-order chi connectivity index (χ1) is 14.6. The van der Waals surface area contributed by atoms with Gasteiger partial charge in [0.2, 0.25) is 5.91 Å². The fourth-order valence-corrected chi connectivity index (χ4v) is 4.22. The molecule has 6 nitrogen and oxygen atoms in total. The number of hydrogen-bond acceptors (Lipinski definition) is 4. The summed E-state index contributed by atoms with van der Waals surface area (Å²) in [6, 6.07) is 13.7. The van der Waals surface area contributed by atoms with Crippen LogP contribution in [0.2, 0.25) is 0 Å². The van der Waals surface area contributed by atoms with Crippen LogP contribution in [0.1, 0.15) is 37.1 Å². The van der Waals surface area contributed by atoms with Gasteiger partial charge in [0.25, 0.3) is 5.56 Å². The van der Waals surface area contributed by atoms with Gasteiger partial charge in [-0.2, -0.15) is 0 Å². The molecule has 1 amide bonds. The van der Waals surface area contributed by atoms with Crippen LogP contribution < -0.4 is 15.8 Å². The quantitative estimate of drug-likeness (QED) is 0.707. The van der Waals surface area contributed by atoms with E-state index in [0.717, 1.165) is 55.7 Å². The van der Waals surface area contributed by atoms with Gasteiger partial charge in [-0.3, -0.25) is 14.2 Å². The molecule has 2 aliphatic rings. The Kier molecular flexibility index (Phi) is 4.77. The highest BCUT2D eigenvalue weighted by atomic mass is 16.2. The average Bonchev–Trinajstić information content (AvgIpc) is 3.47. The molecule has 0 bridgehead atoms. The molecule has 6 heteroatoms. The molecule has 0 unspecified atom stereocenters. The molecule has 0 radical (unpaired) electrons. The van der Waals surface area contributed by atoms with E-state index in [1.165, 1.54) is 0 Å². The maximum absolute atomic E-state index is 13.4. The number of benzene rings is 2. The van der Waals surface area contributed by atoms with Crippen molar-refractivity contribution in [2.24, 2.45) is 5.92 Å². The predicted octanol–water partition coefficient (Wildman–Crippen LogP) is 3.70. The van der Waals surface area contributed by atoms with Crippen molar-refractivity contribution in [3.8, 4) is 0 Å². The van der Waals surface area contributed by atoms with E-state index in [1.54, 1.807) is 4.57 Å². The van der Waals surface area contributed by atoms with Crippen LogP contribution in [0.3, 0.4) is 0 Å². The van der Waals surface area contributed by atoms with Gasteiger partial charge in [0.15, 0.2) is 0 Å². The summed E-state index contributed by atoms with van der Waals surface area (Å²) in [4.78, 5) is 32.9. The number of aromatic nitrogens is 2. The molecule has 1 saturated heterocycles. The Bertz CT molecular complexity index is 1160. The summed E-state index contributed by atoms with van der Waals surface area (Å²) in [5.74, 6) is 0.857. The Morgan fingerprint density at radius 3 is 2.57 bits per heavy atom. The first kappa shape index (κ1) is 18.9. The SMILES string of the molecule is Cc1nc2cc(N3CCCC3)c(NC(=O)C3CC3)cc2c(=O)n1Cc1ccccc1. The molecule has 0 spiro atoms. The normalized spacial score (nSPS) is 16.2. The van der Waals surface area contributed by atoms with Crippen LogP contribution in [0.25, 0.3) is 10.9 Å². The van der Waals surface area contributed by atoms with Crippen molar-refractivity contribution in [1.82, 2.24) is 9.55 Å². The molecule has 0 atom stereocenters. The lowest BCUT2D eigenvalue weighted by Gasteiger charge is -2.23. The van der Waals surface area contributed by atoms with E-state index in [2.05, 4.69) is 10.2 Å². The molecule has 2 aromatic carbocycles. The summed E-state index contributed by atoms with van der Waals surface area (Å²) in [6.07, 6.45) is 4.17. The predicted molar refractivity (Wildman–Crippen MR) is 119 cm³/mol. The number of fused-ring (bicyclic) bond motifs is 1. The van der Waals surface area contributed by atoms with Gasteiger partial charge in [-0.15, -0.1) is 0 Å². The van der Waals surface area contributed by atoms with E-state index in [4.69, 9.17) is 4.98 Å². The molecule has 2 fully saturated rings. The molecule has 1 aliphatic heterocycles. The molecule has 30 heavy (non-hydrogen) atoms. The highest BCUT2D eigenvalue weighted by Crippen LogP contribution is 2.35. The Morgan fingerprint density at radius 1 is 1.13 bits per heavy atom. The molecule has 1 N–H and O–H groups in total. The van der Waals surface area contributed by atoms with Crippen LogP contribution in [0.5, 0.6) is 0 Å². The fourth-order valence-electron chi connectivity index (χ4n) is 4.22. The van der Waals surface area contributed by atoms with Crippen LogP contribution in [-0.2, 0) is 11.3 Å². The fraction of sp³-hybridized carbons (Fsp3) is 0.375. The Morgan fingerprint density at radius 2 is 1.87 bits per heavy atom. The molecule has 5 rings (SSSR count). The summed E-state index contributed by atoms with van der Waals surface area (Å²) >= 11 is 0. The van der Waals surface area contributed by atoms with E-state index in [0.29, 0.717) is 23.3 Å². The highest BCUT2D eigenvalue weighted by molar-refractivity contribution is 6.00. The van der Waals surface area contributed by atoms with Crippen molar-refractivity contribution in [3.05, 3.63) is 64.2 Å². The van der Waals surface area contributed by atoms with Crippen molar-refractivity contribution in [2.45, 2.75) is 39.2 Å². The molecule has 1 aliphatic carbocycles. The van der Waals surface area contributed by atoms with Crippen molar-refractivity contribution in [2.75, 3.05) is 23.3 Å². The number of nitrogens with zero attached hydrogens (tertiary/aromatic N) is 3. The number of nitrogens with one attached hydrogen (secondary N) is 1. The first-order valence-corrected chi connectivity index (χ1v) is 10.7. The number of hydrogen-bond donors (Lipinski definition) is 1. The summed E-state index contributed by atoms with van der Waals surface area (Å²) < 4.78 is 1.71. The smallest absolute Gasteiger partial charge is 0.261 e. The minimum atomic E-state index is -0.0729. The molecule has 154 valence electrons. The maximum Gasteiger partial charge on any atom is 0.261 e. The molecule has 2 heterocycles. The van der Waals surface area contributed by atoms with Crippen LogP contribution in [-0.4, -0.2) is 28.5 Å². The van der Waals surface area contributed by atoms with Gasteiger partial charge in [0.05, 0.1) is 28.8 Å². The van der Waals surface area contributed by atoms with E-state index in [9.17, 15) is 9.59 Å². The van der Waals surface area contributed by atoms with Gasteiger partial charge >= 0.3 is 0 Å². The third-order valence-corrected chi connectivity index (χ3v) is 6.10. The molecule has 3 aromatic rings. The van der Waals surface area contributed by atoms with Crippen LogP contribution >= 0.6 is 0 Å². The maximum atomic E-state index is 13.4. The minimum absolute atomic E-state index is 0.0551. The third kappa shape index (κ3) is 3.58. The van der Waals surface area contributed by atoms with Gasteiger partial charge in [0, 0.05) is 19.0 Å². The second-order valence-corrected chi connectivity index (χ2v) is 8.38. The van der Waals surface area contributed by atoms with Gasteiger partial charge in [0.1, 0.15) is 5.82 Å². The van der Waals surface area contributed by atoms with Crippen LogP contribution in [0.15, 0.2) is 47.3 Å². The van der Waals surface area contributed by atoms with Crippen LogP contribution in [0.4, 0.5) is 11.4 Å². The van der Waals surface area contributed by atoms with Gasteiger partial charge < -0.3 is 10.2 Å². The lowest BCUT2D eigenvalue weighted by Crippen LogP contribution is -2.26. The molecule has 1 aromatic heterocycles. The first-order valence-electron chi connectivity index (χ1n) is 10.7. The topological polar surface area (TPSA) is 67.2 Å². The minimum Gasteiger partial charge on any atom is -0.370 e. The van der Waals surface area contributed by atoms with E-state index < -0.39 is 0 Å². The molecule has 1 saturated carbocycles. The summed E-state index contributed by atoms with van der Waals surface area (Å²) in [7, 11) is 0. The lowest BCUT2D eigenvalue weighted by molar-refractivity contribution is -0.117.